The number of ketones is 1. The molecule has 1 unspecified atom stereocenters. The molecule has 6 nitrogen and oxygen atoms in total. The van der Waals surface area contributed by atoms with Crippen molar-refractivity contribution in [2.75, 3.05) is 26.7 Å². The number of methoxy groups -OCH3 is 1. The van der Waals surface area contributed by atoms with Crippen molar-refractivity contribution in [1.29, 1.82) is 0 Å². The molecule has 0 spiro atoms. The monoisotopic (exact) mass is 682 g/mol. The molecule has 1 N–H and O–H groups in total. The Morgan fingerprint density at radius 1 is 1.00 bits per heavy atom. The van der Waals surface area contributed by atoms with Gasteiger partial charge in [-0.15, -0.1) is 0 Å². The number of carbonyl (C=O) groups is 1. The number of nitrogens with zero attached hydrogens (tertiary/aromatic N) is 2. The molecule has 1 aromatic heterocycles. The van der Waals surface area contributed by atoms with E-state index < -0.39 is 41.9 Å². The minimum atomic E-state index is -5.17. The van der Waals surface area contributed by atoms with Crippen LogP contribution < -0.4 is 9.47 Å². The van der Waals surface area contributed by atoms with Gasteiger partial charge in [0.2, 0.25) is 5.60 Å². The molecule has 1 aliphatic carbocycles. The predicted molar refractivity (Wildman–Crippen MR) is 174 cm³/mol. The van der Waals surface area contributed by atoms with Crippen LogP contribution >= 0.6 is 11.6 Å². The molecule has 0 radical (unpaired) electrons. The van der Waals surface area contributed by atoms with Crippen molar-refractivity contribution in [1.82, 2.24) is 9.88 Å². The van der Waals surface area contributed by atoms with Gasteiger partial charge in [0, 0.05) is 43.1 Å². The molecule has 0 amide bonds. The zero-order chi connectivity index (χ0) is 34.1. The highest BCUT2D eigenvalue weighted by Gasteiger charge is 2.56. The lowest BCUT2D eigenvalue weighted by Crippen LogP contribution is -2.46. The lowest BCUT2D eigenvalue weighted by molar-refractivity contribution is -0.270. The van der Waals surface area contributed by atoms with Gasteiger partial charge in [-0.1, -0.05) is 41.9 Å². The van der Waals surface area contributed by atoms with E-state index in [0.717, 1.165) is 31.9 Å². The predicted octanol–water partition coefficient (Wildman–Crippen LogP) is 8.15. The fraction of sp³-hybridized carbons (Fsp3) is 0.351. The number of halogens is 5. The Labute approximate surface area is 281 Å². The number of hydrogen-bond donors (Lipinski definition) is 1. The molecule has 4 aromatic rings. The van der Waals surface area contributed by atoms with Gasteiger partial charge < -0.3 is 19.5 Å². The summed E-state index contributed by atoms with van der Waals surface area (Å²) in [6, 6.07) is 21.2. The van der Waals surface area contributed by atoms with Gasteiger partial charge in [-0.2, -0.15) is 13.2 Å². The summed E-state index contributed by atoms with van der Waals surface area (Å²) < 4.78 is 69.6. The first-order valence-electron chi connectivity index (χ1n) is 15.8. The average molecular weight is 683 g/mol. The fourth-order valence-electron chi connectivity index (χ4n) is 5.86. The van der Waals surface area contributed by atoms with Crippen molar-refractivity contribution < 1.29 is 36.9 Å². The summed E-state index contributed by atoms with van der Waals surface area (Å²) >= 11 is 6.02. The van der Waals surface area contributed by atoms with Gasteiger partial charge in [-0.3, -0.25) is 4.79 Å². The maximum Gasteiger partial charge on any atom is 0.422 e. The van der Waals surface area contributed by atoms with Gasteiger partial charge >= 0.3 is 6.18 Å². The highest BCUT2D eigenvalue weighted by molar-refractivity contribution is 6.31. The number of benzene rings is 3. The van der Waals surface area contributed by atoms with Gasteiger partial charge in [-0.25, -0.2) is 9.37 Å². The minimum absolute atomic E-state index is 0.0821. The zero-order valence-corrected chi connectivity index (χ0v) is 27.0. The number of hydrogen-bond acceptors (Lipinski definition) is 6. The standard InChI is InChI=1S/C37H35ClF4N2O4/c1-47-34-19-25(8-12-33(34)48-28-9-10-28)32(45)13-15-36(46,37(40,41)42)35-20-26(18-31(43-35)24-7-11-30(39)29(38)17-24)27-21-44(22-27)16-14-23-5-3-2-4-6-23/h2-8,11-12,17-20,27-28,46H,9-10,13-16,21-22H2,1H3. The maximum absolute atomic E-state index is 14.8. The van der Waals surface area contributed by atoms with Crippen LogP contribution in [-0.4, -0.2) is 59.8 Å². The summed E-state index contributed by atoms with van der Waals surface area (Å²) in [5, 5.41) is 11.2. The van der Waals surface area contributed by atoms with Crippen molar-refractivity contribution in [3.8, 4) is 22.8 Å². The number of carbonyl (C=O) groups excluding carboxylic acids is 1. The van der Waals surface area contributed by atoms with E-state index in [9.17, 15) is 27.5 Å². The molecule has 1 atom stereocenters. The molecule has 3 aromatic carbocycles. The molecule has 2 heterocycles. The molecule has 48 heavy (non-hydrogen) atoms. The van der Waals surface area contributed by atoms with Crippen molar-refractivity contribution in [3.05, 3.63) is 112 Å². The third kappa shape index (κ3) is 7.51. The van der Waals surface area contributed by atoms with Crippen LogP contribution in [0, 0.1) is 5.82 Å². The normalized spacial score (nSPS) is 16.6. The van der Waals surface area contributed by atoms with Gasteiger partial charge in [0.25, 0.3) is 0 Å². The smallest absolute Gasteiger partial charge is 0.422 e. The van der Waals surface area contributed by atoms with Crippen LogP contribution in [0.4, 0.5) is 17.6 Å². The molecule has 11 heteroatoms. The molecule has 2 aliphatic rings. The fourth-order valence-corrected chi connectivity index (χ4v) is 6.04. The zero-order valence-electron chi connectivity index (χ0n) is 26.3. The second kappa shape index (κ2) is 13.9. The molecule has 1 aliphatic heterocycles. The van der Waals surface area contributed by atoms with E-state index in [2.05, 4.69) is 9.88 Å². The maximum atomic E-state index is 14.8. The Bertz CT molecular complexity index is 1780. The van der Waals surface area contributed by atoms with E-state index in [-0.39, 0.29) is 28.3 Å². The number of ether oxygens (including phenoxy) is 2. The Balaban J connectivity index is 1.26. The van der Waals surface area contributed by atoms with Crippen molar-refractivity contribution in [3.63, 3.8) is 0 Å². The van der Waals surface area contributed by atoms with Crippen LogP contribution in [0.2, 0.25) is 5.02 Å². The minimum Gasteiger partial charge on any atom is -0.493 e. The molecule has 252 valence electrons. The van der Waals surface area contributed by atoms with Crippen LogP contribution in [0.25, 0.3) is 11.3 Å². The molecular weight excluding hydrogens is 648 g/mol. The molecule has 0 bridgehead atoms. The Morgan fingerprint density at radius 2 is 1.75 bits per heavy atom. The first-order chi connectivity index (χ1) is 22.9. The van der Waals surface area contributed by atoms with Crippen LogP contribution in [0.15, 0.2) is 78.9 Å². The Hall–Kier alpha value is -3.99. The summed E-state index contributed by atoms with van der Waals surface area (Å²) in [7, 11) is 1.42. The van der Waals surface area contributed by atoms with Crippen LogP contribution in [-0.2, 0) is 12.0 Å². The number of Topliss-reactive ketones (excluding diaryl/α,β-unsaturated/α-hetero) is 1. The average Bonchev–Trinajstić information content (AvgIpc) is 3.88. The molecular formula is C37H35ClF4N2O4. The molecule has 1 saturated carbocycles. The summed E-state index contributed by atoms with van der Waals surface area (Å²) in [4.78, 5) is 19.7. The third-order valence-electron chi connectivity index (χ3n) is 8.96. The van der Waals surface area contributed by atoms with Gasteiger partial charge in [0.15, 0.2) is 17.3 Å². The van der Waals surface area contributed by atoms with Gasteiger partial charge in [0.1, 0.15) is 5.82 Å². The summed E-state index contributed by atoms with van der Waals surface area (Å²) in [5.41, 5.74) is -1.81. The highest BCUT2D eigenvalue weighted by atomic mass is 35.5. The first-order valence-corrected chi connectivity index (χ1v) is 16.2. The summed E-state index contributed by atoms with van der Waals surface area (Å²) in [5.74, 6) is -0.663. The highest BCUT2D eigenvalue weighted by Crippen LogP contribution is 2.44. The number of pyridine rings is 1. The van der Waals surface area contributed by atoms with Crippen LogP contribution in [0.1, 0.15) is 58.8 Å². The lowest BCUT2D eigenvalue weighted by Gasteiger charge is -2.40. The van der Waals surface area contributed by atoms with Crippen LogP contribution in [0.3, 0.4) is 0 Å². The number of rotatable bonds is 13. The quantitative estimate of drug-likeness (QED) is 0.113. The number of alkyl halides is 3. The van der Waals surface area contributed by atoms with E-state index in [1.807, 2.05) is 30.3 Å². The molecule has 1 saturated heterocycles. The van der Waals surface area contributed by atoms with Gasteiger partial charge in [-0.05, 0) is 85.3 Å². The van der Waals surface area contributed by atoms with E-state index in [4.69, 9.17) is 21.1 Å². The number of likely N-dealkylation sites (tertiary alicyclic amines) is 1. The first kappa shape index (κ1) is 33.9. The second-order valence-electron chi connectivity index (χ2n) is 12.5. The van der Waals surface area contributed by atoms with Crippen molar-refractivity contribution in [2.24, 2.45) is 0 Å². The van der Waals surface area contributed by atoms with E-state index in [0.29, 0.717) is 35.7 Å². The largest absolute Gasteiger partial charge is 0.493 e. The topological polar surface area (TPSA) is 71.9 Å². The van der Waals surface area contributed by atoms with E-state index in [1.165, 1.54) is 43.0 Å². The number of aromatic nitrogens is 1. The Kier molecular flexibility index (Phi) is 9.79. The lowest BCUT2D eigenvalue weighted by atomic mass is 9.85. The van der Waals surface area contributed by atoms with Crippen molar-refractivity contribution >= 4 is 17.4 Å². The molecule has 2 fully saturated rings. The summed E-state index contributed by atoms with van der Waals surface area (Å²) in [6.07, 6.45) is -4.01. The number of aliphatic hydroxyl groups is 1. The Morgan fingerprint density at radius 3 is 2.42 bits per heavy atom. The summed E-state index contributed by atoms with van der Waals surface area (Å²) in [6.45, 7) is 1.99. The van der Waals surface area contributed by atoms with Crippen molar-refractivity contribution in [2.45, 2.75) is 55.9 Å². The molecule has 6 rings (SSSR count). The van der Waals surface area contributed by atoms with E-state index >= 15 is 0 Å². The SMILES string of the molecule is COc1cc(C(=O)CCC(O)(c2cc(C3CN(CCc4ccccc4)C3)cc(-c3ccc(F)c(Cl)c3)n2)C(F)(F)F)ccc1OC1CC1. The van der Waals surface area contributed by atoms with Crippen LogP contribution in [0.5, 0.6) is 11.5 Å². The second-order valence-corrected chi connectivity index (χ2v) is 12.9. The third-order valence-corrected chi connectivity index (χ3v) is 9.25. The van der Waals surface area contributed by atoms with Gasteiger partial charge in [0.05, 0.1) is 29.6 Å². The van der Waals surface area contributed by atoms with E-state index in [1.54, 1.807) is 12.1 Å².